The Kier molecular flexibility index (Phi) is 5.68. The molecule has 1 N–H and O–H groups in total. The number of carbonyl (C=O) groups is 1. The van der Waals surface area contributed by atoms with Gasteiger partial charge in [0.2, 0.25) is 0 Å². The van der Waals surface area contributed by atoms with E-state index in [4.69, 9.17) is 5.11 Å². The third-order valence-electron chi connectivity index (χ3n) is 2.53. The fourth-order valence-corrected chi connectivity index (χ4v) is 2.05. The van der Waals surface area contributed by atoms with Crippen molar-refractivity contribution in [2.45, 2.75) is 32.2 Å². The number of halogens is 1. The Hall–Kier alpha value is -1.70. The maximum atomic E-state index is 11.7. The Morgan fingerprint density at radius 3 is 2.68 bits per heavy atom. The zero-order valence-electron chi connectivity index (χ0n) is 10.0. The summed E-state index contributed by atoms with van der Waals surface area (Å²) in [5.74, 6) is -0.852. The van der Waals surface area contributed by atoms with Gasteiger partial charge in [-0.1, -0.05) is 6.42 Å². The molecule has 1 heterocycles. The summed E-state index contributed by atoms with van der Waals surface area (Å²) >= 11 is 2.99. The van der Waals surface area contributed by atoms with Gasteiger partial charge in [-0.05, 0) is 28.8 Å². The van der Waals surface area contributed by atoms with Crippen molar-refractivity contribution < 1.29 is 14.8 Å². The SMILES string of the molecule is O=C(O)CCCCCn1cc([N+](=O)[O-])cc(Br)c1=O. The lowest BCUT2D eigenvalue weighted by molar-refractivity contribution is -0.385. The highest BCUT2D eigenvalue weighted by Gasteiger charge is 2.11. The minimum Gasteiger partial charge on any atom is -0.481 e. The number of carboxylic acids is 1. The van der Waals surface area contributed by atoms with Gasteiger partial charge in [0.15, 0.2) is 0 Å². The minimum absolute atomic E-state index is 0.0908. The molecule has 0 aliphatic carbocycles. The third kappa shape index (κ3) is 4.82. The summed E-state index contributed by atoms with van der Waals surface area (Å²) in [6.45, 7) is 0.332. The van der Waals surface area contributed by atoms with Gasteiger partial charge in [-0.3, -0.25) is 19.7 Å². The maximum absolute atomic E-state index is 11.7. The number of carboxylic acid groups (broad SMARTS) is 1. The number of pyridine rings is 1. The summed E-state index contributed by atoms with van der Waals surface area (Å²) in [4.78, 5) is 32.1. The fourth-order valence-electron chi connectivity index (χ4n) is 1.59. The van der Waals surface area contributed by atoms with Gasteiger partial charge in [-0.25, -0.2) is 0 Å². The average molecular weight is 333 g/mol. The molecule has 0 bridgehead atoms. The molecule has 0 unspecified atom stereocenters. The van der Waals surface area contributed by atoms with Crippen molar-refractivity contribution >= 4 is 27.6 Å². The second-order valence-electron chi connectivity index (χ2n) is 4.01. The van der Waals surface area contributed by atoms with Crippen molar-refractivity contribution in [1.29, 1.82) is 0 Å². The molecular weight excluding hydrogens is 320 g/mol. The first kappa shape index (κ1) is 15.4. The molecular formula is C11H13BrN2O5. The molecule has 0 amide bonds. The van der Waals surface area contributed by atoms with Gasteiger partial charge < -0.3 is 9.67 Å². The van der Waals surface area contributed by atoms with E-state index in [0.717, 1.165) is 0 Å². The fraction of sp³-hybridized carbons (Fsp3) is 0.455. The molecule has 19 heavy (non-hydrogen) atoms. The van der Waals surface area contributed by atoms with Crippen LogP contribution in [0.25, 0.3) is 0 Å². The average Bonchev–Trinajstić information content (AvgIpc) is 2.33. The Balaban J connectivity index is 2.65. The van der Waals surface area contributed by atoms with Gasteiger partial charge in [0.25, 0.3) is 11.2 Å². The normalized spacial score (nSPS) is 10.4. The zero-order chi connectivity index (χ0) is 14.4. The van der Waals surface area contributed by atoms with Crippen LogP contribution in [0.5, 0.6) is 0 Å². The highest BCUT2D eigenvalue weighted by atomic mass is 79.9. The molecule has 0 aromatic carbocycles. The molecule has 0 radical (unpaired) electrons. The molecule has 0 spiro atoms. The van der Waals surface area contributed by atoms with Crippen LogP contribution in [0.1, 0.15) is 25.7 Å². The highest BCUT2D eigenvalue weighted by Crippen LogP contribution is 2.14. The van der Waals surface area contributed by atoms with Crippen LogP contribution in [-0.4, -0.2) is 20.6 Å². The topological polar surface area (TPSA) is 102 Å². The maximum Gasteiger partial charge on any atom is 0.303 e. The lowest BCUT2D eigenvalue weighted by atomic mass is 10.2. The number of aliphatic carboxylic acids is 1. The quantitative estimate of drug-likeness (QED) is 0.468. The monoisotopic (exact) mass is 332 g/mol. The van der Waals surface area contributed by atoms with E-state index in [-0.39, 0.29) is 22.1 Å². The smallest absolute Gasteiger partial charge is 0.303 e. The van der Waals surface area contributed by atoms with Crippen molar-refractivity contribution in [3.63, 3.8) is 0 Å². The van der Waals surface area contributed by atoms with E-state index in [1.165, 1.54) is 16.8 Å². The predicted molar refractivity (Wildman–Crippen MR) is 71.2 cm³/mol. The highest BCUT2D eigenvalue weighted by molar-refractivity contribution is 9.10. The van der Waals surface area contributed by atoms with Gasteiger partial charge in [0.1, 0.15) is 0 Å². The number of unbranched alkanes of at least 4 members (excludes halogenated alkanes) is 2. The Morgan fingerprint density at radius 1 is 1.42 bits per heavy atom. The predicted octanol–water partition coefficient (Wildman–Crippen LogP) is 2.16. The summed E-state index contributed by atoms with van der Waals surface area (Å²) in [5.41, 5.74) is -0.485. The number of rotatable bonds is 7. The van der Waals surface area contributed by atoms with Gasteiger partial charge >= 0.3 is 5.97 Å². The summed E-state index contributed by atoms with van der Waals surface area (Å²) < 4.78 is 1.41. The van der Waals surface area contributed by atoms with E-state index in [9.17, 15) is 19.7 Å². The molecule has 8 heteroatoms. The van der Waals surface area contributed by atoms with E-state index < -0.39 is 10.9 Å². The van der Waals surface area contributed by atoms with Crippen LogP contribution >= 0.6 is 15.9 Å². The van der Waals surface area contributed by atoms with Crippen LogP contribution in [0.4, 0.5) is 5.69 Å². The van der Waals surface area contributed by atoms with E-state index in [1.54, 1.807) is 0 Å². The largest absolute Gasteiger partial charge is 0.481 e. The van der Waals surface area contributed by atoms with Gasteiger partial charge in [-0.2, -0.15) is 0 Å². The molecule has 104 valence electrons. The second-order valence-corrected chi connectivity index (χ2v) is 4.86. The molecule has 0 aliphatic heterocycles. The molecule has 0 saturated heterocycles. The lowest BCUT2D eigenvalue weighted by Gasteiger charge is -2.05. The summed E-state index contributed by atoms with van der Waals surface area (Å²) in [6, 6.07) is 1.17. The van der Waals surface area contributed by atoms with Crippen LogP contribution < -0.4 is 5.56 Å². The van der Waals surface area contributed by atoms with Gasteiger partial charge in [0.05, 0.1) is 15.6 Å². The standard InChI is InChI=1S/C11H13BrN2O5/c12-9-6-8(14(18)19)7-13(11(9)17)5-3-1-2-4-10(15)16/h6-7H,1-5H2,(H,15,16). The third-order valence-corrected chi connectivity index (χ3v) is 3.10. The van der Waals surface area contributed by atoms with Crippen molar-refractivity contribution in [2.24, 2.45) is 0 Å². The Labute approximate surface area is 117 Å². The number of hydrogen-bond donors (Lipinski definition) is 1. The van der Waals surface area contributed by atoms with E-state index in [2.05, 4.69) is 15.9 Å². The molecule has 1 aromatic rings. The lowest BCUT2D eigenvalue weighted by Crippen LogP contribution is -2.20. The van der Waals surface area contributed by atoms with Crippen molar-refractivity contribution in [1.82, 2.24) is 4.57 Å². The number of nitrogens with zero attached hydrogens (tertiary/aromatic N) is 2. The van der Waals surface area contributed by atoms with Crippen LogP contribution in [0.3, 0.4) is 0 Å². The number of aryl methyl sites for hydroxylation is 1. The molecule has 1 aromatic heterocycles. The van der Waals surface area contributed by atoms with Crippen molar-refractivity contribution in [2.75, 3.05) is 0 Å². The first-order chi connectivity index (χ1) is 8.91. The number of aromatic nitrogens is 1. The zero-order valence-corrected chi connectivity index (χ0v) is 11.6. The van der Waals surface area contributed by atoms with Gasteiger partial charge in [-0.15, -0.1) is 0 Å². The summed E-state index contributed by atoms with van der Waals surface area (Å²) in [5, 5.41) is 19.1. The van der Waals surface area contributed by atoms with Crippen LogP contribution in [0.2, 0.25) is 0 Å². The van der Waals surface area contributed by atoms with Crippen molar-refractivity contribution in [3.05, 3.63) is 37.2 Å². The molecule has 0 saturated carbocycles. The van der Waals surface area contributed by atoms with E-state index >= 15 is 0 Å². The molecule has 1 rings (SSSR count). The first-order valence-corrected chi connectivity index (χ1v) is 6.47. The van der Waals surface area contributed by atoms with Gasteiger partial charge in [0, 0.05) is 19.0 Å². The molecule has 7 nitrogen and oxygen atoms in total. The molecule has 0 aliphatic rings. The number of nitro groups is 1. The summed E-state index contributed by atoms with van der Waals surface area (Å²) in [7, 11) is 0. The minimum atomic E-state index is -0.852. The van der Waals surface area contributed by atoms with Crippen LogP contribution in [-0.2, 0) is 11.3 Å². The van der Waals surface area contributed by atoms with Crippen LogP contribution in [0.15, 0.2) is 21.5 Å². The first-order valence-electron chi connectivity index (χ1n) is 5.68. The number of hydrogen-bond acceptors (Lipinski definition) is 4. The Morgan fingerprint density at radius 2 is 2.11 bits per heavy atom. The molecule has 0 fully saturated rings. The molecule has 0 atom stereocenters. The van der Waals surface area contributed by atoms with Crippen molar-refractivity contribution in [3.8, 4) is 0 Å². The van der Waals surface area contributed by atoms with E-state index in [0.29, 0.717) is 25.8 Å². The van der Waals surface area contributed by atoms with Crippen LogP contribution in [0, 0.1) is 10.1 Å². The summed E-state index contributed by atoms with van der Waals surface area (Å²) in [6.07, 6.45) is 3.07. The Bertz CT molecular complexity index is 540. The van der Waals surface area contributed by atoms with E-state index in [1.807, 2.05) is 0 Å². The second kappa shape index (κ2) is 7.03.